The highest BCUT2D eigenvalue weighted by atomic mass is 16.3. The number of phenols is 1. The van der Waals surface area contributed by atoms with Gasteiger partial charge in [0.2, 0.25) is 0 Å². The minimum Gasteiger partial charge on any atom is -0.507 e. The van der Waals surface area contributed by atoms with Gasteiger partial charge in [-0.3, -0.25) is 4.48 Å². The summed E-state index contributed by atoms with van der Waals surface area (Å²) in [4.78, 5) is 0. The molecule has 0 atom stereocenters. The summed E-state index contributed by atoms with van der Waals surface area (Å²) in [6.07, 6.45) is 0. The Morgan fingerprint density at radius 1 is 1.00 bits per heavy atom. The fourth-order valence-electron chi connectivity index (χ4n) is 2.11. The Kier molecular flexibility index (Phi) is 3.39. The molecular formula is C16H20NO+. The van der Waals surface area contributed by atoms with Crippen LogP contribution < -0.4 is 4.48 Å². The van der Waals surface area contributed by atoms with E-state index >= 15 is 0 Å². The maximum absolute atomic E-state index is 9.82. The van der Waals surface area contributed by atoms with E-state index in [1.807, 2.05) is 25.1 Å². The first-order valence-corrected chi connectivity index (χ1v) is 6.16. The fraction of sp³-hybridized carbons (Fsp3) is 0.250. The number of aryl methyl sites for hydroxylation is 1. The molecule has 0 aromatic heterocycles. The van der Waals surface area contributed by atoms with Crippen LogP contribution in [0.5, 0.6) is 5.75 Å². The van der Waals surface area contributed by atoms with Crippen molar-refractivity contribution < 1.29 is 5.11 Å². The zero-order valence-corrected chi connectivity index (χ0v) is 11.2. The third-order valence-electron chi connectivity index (χ3n) is 3.31. The van der Waals surface area contributed by atoms with E-state index in [2.05, 4.69) is 44.4 Å². The lowest BCUT2D eigenvalue weighted by molar-refractivity contribution is 0.388. The van der Waals surface area contributed by atoms with Crippen molar-refractivity contribution in [1.29, 1.82) is 0 Å². The van der Waals surface area contributed by atoms with E-state index in [-0.39, 0.29) is 0 Å². The summed E-state index contributed by atoms with van der Waals surface area (Å²) >= 11 is 0. The minimum absolute atomic E-state index is 0.367. The standard InChI is InChI=1S/C16H19NO/c1-13-9-10-15(11-16(13)18)17(2,3)12-14-7-5-4-6-8-14/h4-11H,12H2,1-3H3/p+1. The summed E-state index contributed by atoms with van der Waals surface area (Å²) in [5, 5.41) is 9.82. The van der Waals surface area contributed by atoms with Gasteiger partial charge in [0, 0.05) is 11.6 Å². The summed E-state index contributed by atoms with van der Waals surface area (Å²) in [5.41, 5.74) is 3.32. The number of quaternary nitrogens is 1. The Bertz CT molecular complexity index is 532. The topological polar surface area (TPSA) is 20.2 Å². The van der Waals surface area contributed by atoms with E-state index in [1.165, 1.54) is 5.56 Å². The molecule has 94 valence electrons. The number of aromatic hydroxyl groups is 1. The van der Waals surface area contributed by atoms with Gasteiger partial charge in [0.25, 0.3) is 0 Å². The second-order valence-electron chi connectivity index (χ2n) is 5.30. The molecule has 0 saturated heterocycles. The van der Waals surface area contributed by atoms with Crippen LogP contribution in [-0.2, 0) is 6.54 Å². The van der Waals surface area contributed by atoms with Gasteiger partial charge in [-0.05, 0) is 24.6 Å². The lowest BCUT2D eigenvalue weighted by Gasteiger charge is -2.29. The van der Waals surface area contributed by atoms with Crippen molar-refractivity contribution in [2.75, 3.05) is 14.1 Å². The first-order valence-electron chi connectivity index (χ1n) is 6.16. The predicted molar refractivity (Wildman–Crippen MR) is 76.6 cm³/mol. The number of hydrogen-bond acceptors (Lipinski definition) is 1. The second kappa shape index (κ2) is 4.83. The van der Waals surface area contributed by atoms with Gasteiger partial charge in [0.05, 0.1) is 14.1 Å². The molecular weight excluding hydrogens is 222 g/mol. The molecule has 2 nitrogen and oxygen atoms in total. The van der Waals surface area contributed by atoms with Crippen LogP contribution in [0.25, 0.3) is 0 Å². The molecule has 0 amide bonds. The van der Waals surface area contributed by atoms with Gasteiger partial charge in [-0.2, -0.15) is 0 Å². The number of phenolic OH excluding ortho intramolecular Hbond substituents is 1. The quantitative estimate of drug-likeness (QED) is 0.817. The highest BCUT2D eigenvalue weighted by molar-refractivity contribution is 5.50. The summed E-state index contributed by atoms with van der Waals surface area (Å²) in [7, 11) is 4.30. The molecule has 0 bridgehead atoms. The molecule has 0 heterocycles. The van der Waals surface area contributed by atoms with Crippen molar-refractivity contribution in [3.05, 3.63) is 59.7 Å². The van der Waals surface area contributed by atoms with Crippen LogP contribution in [-0.4, -0.2) is 19.2 Å². The largest absolute Gasteiger partial charge is 0.507 e. The molecule has 0 radical (unpaired) electrons. The van der Waals surface area contributed by atoms with E-state index in [0.29, 0.717) is 5.75 Å². The molecule has 0 unspecified atom stereocenters. The maximum atomic E-state index is 9.82. The van der Waals surface area contributed by atoms with Crippen LogP contribution in [0.1, 0.15) is 11.1 Å². The maximum Gasteiger partial charge on any atom is 0.136 e. The minimum atomic E-state index is 0.367. The fourth-order valence-corrected chi connectivity index (χ4v) is 2.11. The molecule has 0 aliphatic carbocycles. The Balaban J connectivity index is 2.27. The smallest absolute Gasteiger partial charge is 0.136 e. The molecule has 1 N–H and O–H groups in total. The summed E-state index contributed by atoms with van der Waals surface area (Å²) in [6, 6.07) is 16.3. The van der Waals surface area contributed by atoms with Crippen LogP contribution >= 0.6 is 0 Å². The van der Waals surface area contributed by atoms with Crippen molar-refractivity contribution in [3.63, 3.8) is 0 Å². The van der Waals surface area contributed by atoms with Crippen molar-refractivity contribution in [2.45, 2.75) is 13.5 Å². The van der Waals surface area contributed by atoms with Gasteiger partial charge in [0.15, 0.2) is 0 Å². The average molecular weight is 242 g/mol. The zero-order valence-electron chi connectivity index (χ0n) is 11.2. The molecule has 0 spiro atoms. The Morgan fingerprint density at radius 3 is 2.28 bits per heavy atom. The van der Waals surface area contributed by atoms with Crippen molar-refractivity contribution in [2.24, 2.45) is 0 Å². The number of benzene rings is 2. The Hall–Kier alpha value is -1.80. The van der Waals surface area contributed by atoms with Crippen LogP contribution in [0, 0.1) is 6.92 Å². The van der Waals surface area contributed by atoms with Crippen LogP contribution in [0.3, 0.4) is 0 Å². The Morgan fingerprint density at radius 2 is 1.67 bits per heavy atom. The normalized spacial score (nSPS) is 11.5. The van der Waals surface area contributed by atoms with E-state index in [0.717, 1.165) is 22.3 Å². The van der Waals surface area contributed by atoms with Crippen molar-refractivity contribution in [3.8, 4) is 5.75 Å². The predicted octanol–water partition coefficient (Wildman–Crippen LogP) is 3.47. The number of hydrogen-bond donors (Lipinski definition) is 1. The van der Waals surface area contributed by atoms with Gasteiger partial charge >= 0.3 is 0 Å². The molecule has 2 aromatic carbocycles. The van der Waals surface area contributed by atoms with Crippen LogP contribution in [0.2, 0.25) is 0 Å². The molecule has 2 heteroatoms. The van der Waals surface area contributed by atoms with E-state index in [1.54, 1.807) is 0 Å². The zero-order chi connectivity index (χ0) is 13.2. The Labute approximate surface area is 109 Å². The monoisotopic (exact) mass is 242 g/mol. The molecule has 0 aliphatic heterocycles. The SMILES string of the molecule is Cc1ccc([N+](C)(C)Cc2ccccc2)cc1O. The van der Waals surface area contributed by atoms with Crippen molar-refractivity contribution >= 4 is 5.69 Å². The summed E-state index contributed by atoms with van der Waals surface area (Å²) < 4.78 is 0.720. The third kappa shape index (κ3) is 2.71. The molecule has 2 aromatic rings. The third-order valence-corrected chi connectivity index (χ3v) is 3.31. The van der Waals surface area contributed by atoms with E-state index in [9.17, 15) is 5.11 Å². The lowest BCUT2D eigenvalue weighted by Crippen LogP contribution is -2.39. The molecule has 0 saturated carbocycles. The van der Waals surface area contributed by atoms with Gasteiger partial charge in [-0.1, -0.05) is 30.3 Å². The van der Waals surface area contributed by atoms with E-state index in [4.69, 9.17) is 0 Å². The molecule has 18 heavy (non-hydrogen) atoms. The lowest BCUT2D eigenvalue weighted by atomic mass is 10.1. The van der Waals surface area contributed by atoms with Gasteiger partial charge in [0.1, 0.15) is 18.0 Å². The first kappa shape index (κ1) is 12.7. The number of rotatable bonds is 3. The van der Waals surface area contributed by atoms with E-state index < -0.39 is 0 Å². The first-order chi connectivity index (χ1) is 8.49. The summed E-state index contributed by atoms with van der Waals surface area (Å²) in [6.45, 7) is 2.82. The highest BCUT2D eigenvalue weighted by Crippen LogP contribution is 2.28. The average Bonchev–Trinajstić information content (AvgIpc) is 2.33. The highest BCUT2D eigenvalue weighted by Gasteiger charge is 2.20. The van der Waals surface area contributed by atoms with Gasteiger partial charge < -0.3 is 5.11 Å². The van der Waals surface area contributed by atoms with Crippen LogP contribution in [0.4, 0.5) is 5.69 Å². The number of nitrogens with zero attached hydrogens (tertiary/aromatic N) is 1. The molecule has 0 aliphatic rings. The van der Waals surface area contributed by atoms with Gasteiger partial charge in [-0.25, -0.2) is 0 Å². The summed E-state index contributed by atoms with van der Waals surface area (Å²) in [5.74, 6) is 0.367. The van der Waals surface area contributed by atoms with Crippen LogP contribution in [0.15, 0.2) is 48.5 Å². The molecule has 0 fully saturated rings. The second-order valence-corrected chi connectivity index (χ2v) is 5.30. The van der Waals surface area contributed by atoms with Gasteiger partial charge in [-0.15, -0.1) is 0 Å². The molecule has 2 rings (SSSR count). The van der Waals surface area contributed by atoms with Crippen molar-refractivity contribution in [1.82, 2.24) is 4.48 Å².